The van der Waals surface area contributed by atoms with Gasteiger partial charge in [-0.15, -0.1) is 5.54 Å². The molecule has 0 bridgehead atoms. The molecule has 0 unspecified atom stereocenters. The molecule has 1 aromatic carbocycles. The van der Waals surface area contributed by atoms with E-state index in [0.717, 1.165) is 5.56 Å². The van der Waals surface area contributed by atoms with Crippen LogP contribution in [0.4, 0.5) is 0 Å². The van der Waals surface area contributed by atoms with E-state index >= 15 is 0 Å². The fourth-order valence-corrected chi connectivity index (χ4v) is 2.13. The van der Waals surface area contributed by atoms with Gasteiger partial charge in [0.1, 0.15) is 8.07 Å². The molecule has 4 nitrogen and oxygen atoms in total. The molecule has 20 heavy (non-hydrogen) atoms. The van der Waals surface area contributed by atoms with Crippen molar-refractivity contribution >= 4 is 8.07 Å². The van der Waals surface area contributed by atoms with Crippen molar-refractivity contribution in [3.63, 3.8) is 0 Å². The molecule has 1 heterocycles. The highest BCUT2D eigenvalue weighted by Gasteiger charge is 2.07. The Kier molecular flexibility index (Phi) is 3.77. The number of rotatable bonds is 1. The van der Waals surface area contributed by atoms with E-state index in [0.29, 0.717) is 5.69 Å². The Bertz CT molecular complexity index is 801. The van der Waals surface area contributed by atoms with Crippen LogP contribution in [0.3, 0.4) is 0 Å². The number of hydrogen-bond acceptors (Lipinski definition) is 2. The van der Waals surface area contributed by atoms with E-state index in [1.54, 1.807) is 6.07 Å². The summed E-state index contributed by atoms with van der Waals surface area (Å²) in [4.78, 5) is 25.0. The molecule has 0 saturated heterocycles. The van der Waals surface area contributed by atoms with E-state index in [2.05, 4.69) is 36.1 Å². The lowest BCUT2D eigenvalue weighted by atomic mass is 10.2. The second-order valence-electron chi connectivity index (χ2n) is 5.53. The van der Waals surface area contributed by atoms with Crippen molar-refractivity contribution in [3.05, 3.63) is 62.9 Å². The molecule has 0 amide bonds. The zero-order valence-corrected chi connectivity index (χ0v) is 12.7. The number of aromatic amines is 1. The monoisotopic (exact) mass is 284 g/mol. The molecule has 102 valence electrons. The average molecular weight is 284 g/mol. The minimum Gasteiger partial charge on any atom is -0.274 e. The van der Waals surface area contributed by atoms with Crippen LogP contribution in [0.15, 0.2) is 46.1 Å². The molecule has 2 rings (SSSR count). The van der Waals surface area contributed by atoms with Crippen molar-refractivity contribution in [1.29, 1.82) is 0 Å². The van der Waals surface area contributed by atoms with E-state index in [1.807, 2.05) is 18.2 Å². The van der Waals surface area contributed by atoms with Gasteiger partial charge in [-0.2, -0.15) is 0 Å². The summed E-state index contributed by atoms with van der Waals surface area (Å²) in [5.41, 5.74) is 3.98. The molecule has 5 heteroatoms. The Morgan fingerprint density at radius 3 is 2.55 bits per heavy atom. The molecule has 0 aliphatic carbocycles. The predicted molar refractivity (Wildman–Crippen MR) is 82.9 cm³/mol. The predicted octanol–water partition coefficient (Wildman–Crippen LogP) is 1.75. The quantitative estimate of drug-likeness (QED) is 0.641. The third kappa shape index (κ3) is 3.59. The summed E-state index contributed by atoms with van der Waals surface area (Å²) in [5, 5.41) is 0. The summed E-state index contributed by atoms with van der Waals surface area (Å²) in [6.45, 7) is 6.53. The van der Waals surface area contributed by atoms with Crippen LogP contribution in [0, 0.1) is 11.5 Å². The number of nitrogens with one attached hydrogen (secondary N) is 1. The minimum atomic E-state index is -1.43. The van der Waals surface area contributed by atoms with Crippen LogP contribution < -0.4 is 11.2 Å². The van der Waals surface area contributed by atoms with Gasteiger partial charge < -0.3 is 0 Å². The zero-order valence-electron chi connectivity index (χ0n) is 11.7. The molecule has 0 spiro atoms. The summed E-state index contributed by atoms with van der Waals surface area (Å²) < 4.78 is 1.39. The van der Waals surface area contributed by atoms with Crippen LogP contribution in [0.25, 0.3) is 5.69 Å². The molecule has 0 aliphatic rings. The van der Waals surface area contributed by atoms with Gasteiger partial charge >= 0.3 is 5.69 Å². The first-order valence-electron chi connectivity index (χ1n) is 6.31. The molecular formula is C15H16N2O2Si. The van der Waals surface area contributed by atoms with Crippen molar-refractivity contribution in [2.75, 3.05) is 0 Å². The van der Waals surface area contributed by atoms with Gasteiger partial charge in [0.2, 0.25) is 0 Å². The highest BCUT2D eigenvalue weighted by Crippen LogP contribution is 2.08. The van der Waals surface area contributed by atoms with Crippen molar-refractivity contribution < 1.29 is 0 Å². The standard InChI is InChI=1S/C15H16N2O2Si/c1-20(2,3)10-8-12-5-4-6-13(11-12)17-9-7-14(18)16-15(17)19/h4-7,9,11H,1-3H3,(H,16,18,19). The van der Waals surface area contributed by atoms with Gasteiger partial charge in [-0.25, -0.2) is 4.79 Å². The number of aromatic nitrogens is 2. The van der Waals surface area contributed by atoms with Crippen LogP contribution in [0.2, 0.25) is 19.6 Å². The summed E-state index contributed by atoms with van der Waals surface area (Å²) in [5.74, 6) is 3.15. The summed E-state index contributed by atoms with van der Waals surface area (Å²) >= 11 is 0. The first-order valence-corrected chi connectivity index (χ1v) is 9.81. The molecule has 0 fully saturated rings. The highest BCUT2D eigenvalue weighted by atomic mass is 28.3. The van der Waals surface area contributed by atoms with Crippen LogP contribution in [0.1, 0.15) is 5.56 Å². The summed E-state index contributed by atoms with van der Waals surface area (Å²) in [6, 6.07) is 8.72. The molecular weight excluding hydrogens is 268 g/mol. The van der Waals surface area contributed by atoms with Gasteiger partial charge in [0.05, 0.1) is 5.69 Å². The number of nitrogens with zero attached hydrogens (tertiary/aromatic N) is 1. The SMILES string of the molecule is C[Si](C)(C)C#Cc1cccc(-n2ccc(=O)[nH]c2=O)c1. The molecule has 2 aromatic rings. The first-order chi connectivity index (χ1) is 9.35. The van der Waals surface area contributed by atoms with Gasteiger partial charge in [-0.05, 0) is 18.2 Å². The van der Waals surface area contributed by atoms with Gasteiger partial charge in [-0.3, -0.25) is 14.3 Å². The lowest BCUT2D eigenvalue weighted by Crippen LogP contribution is -2.27. The lowest BCUT2D eigenvalue weighted by Gasteiger charge is -2.06. The van der Waals surface area contributed by atoms with Gasteiger partial charge in [0, 0.05) is 17.8 Å². The average Bonchev–Trinajstić information content (AvgIpc) is 2.36. The van der Waals surface area contributed by atoms with Crippen LogP contribution in [0.5, 0.6) is 0 Å². The van der Waals surface area contributed by atoms with E-state index in [4.69, 9.17) is 0 Å². The van der Waals surface area contributed by atoms with Gasteiger partial charge in [0.25, 0.3) is 5.56 Å². The van der Waals surface area contributed by atoms with E-state index in [-0.39, 0.29) is 0 Å². The Labute approximate surface area is 118 Å². The van der Waals surface area contributed by atoms with Gasteiger partial charge in [-0.1, -0.05) is 31.6 Å². The zero-order chi connectivity index (χ0) is 14.8. The number of hydrogen-bond donors (Lipinski definition) is 1. The maximum Gasteiger partial charge on any atom is 0.332 e. The van der Waals surface area contributed by atoms with Gasteiger partial charge in [0.15, 0.2) is 0 Å². The van der Waals surface area contributed by atoms with Crippen molar-refractivity contribution in [2.24, 2.45) is 0 Å². The van der Waals surface area contributed by atoms with E-state index < -0.39 is 19.3 Å². The lowest BCUT2D eigenvalue weighted by molar-refractivity contribution is 0.896. The number of H-pyrrole nitrogens is 1. The third-order valence-corrected chi connectivity index (χ3v) is 3.41. The topological polar surface area (TPSA) is 54.9 Å². The molecule has 1 N–H and O–H groups in total. The number of benzene rings is 1. The summed E-state index contributed by atoms with van der Waals surface area (Å²) in [6.07, 6.45) is 1.46. The Balaban J connectivity index is 2.46. The highest BCUT2D eigenvalue weighted by molar-refractivity contribution is 6.83. The van der Waals surface area contributed by atoms with E-state index in [9.17, 15) is 9.59 Å². The fraction of sp³-hybridized carbons (Fsp3) is 0.200. The summed E-state index contributed by atoms with van der Waals surface area (Å²) in [7, 11) is -1.43. The smallest absolute Gasteiger partial charge is 0.274 e. The molecule has 0 saturated carbocycles. The third-order valence-electron chi connectivity index (χ3n) is 2.53. The minimum absolute atomic E-state index is 0.402. The van der Waals surface area contributed by atoms with Crippen LogP contribution in [-0.2, 0) is 0 Å². The second kappa shape index (κ2) is 5.35. The normalized spacial score (nSPS) is 10.8. The molecule has 0 aliphatic heterocycles. The first kappa shape index (κ1) is 14.1. The van der Waals surface area contributed by atoms with Crippen molar-refractivity contribution in [1.82, 2.24) is 9.55 Å². The second-order valence-corrected chi connectivity index (χ2v) is 10.3. The Morgan fingerprint density at radius 1 is 1.15 bits per heavy atom. The molecule has 0 radical (unpaired) electrons. The fourth-order valence-electron chi connectivity index (χ4n) is 1.61. The molecule has 0 atom stereocenters. The molecule has 1 aromatic heterocycles. The van der Waals surface area contributed by atoms with Crippen LogP contribution >= 0.6 is 0 Å². The van der Waals surface area contributed by atoms with Crippen molar-refractivity contribution in [2.45, 2.75) is 19.6 Å². The Hall–Kier alpha value is -2.32. The van der Waals surface area contributed by atoms with E-state index in [1.165, 1.54) is 16.8 Å². The maximum absolute atomic E-state index is 11.7. The Morgan fingerprint density at radius 2 is 1.90 bits per heavy atom. The van der Waals surface area contributed by atoms with Crippen LogP contribution in [-0.4, -0.2) is 17.6 Å². The maximum atomic E-state index is 11.7. The van der Waals surface area contributed by atoms with Crippen molar-refractivity contribution in [3.8, 4) is 17.2 Å². The largest absolute Gasteiger partial charge is 0.332 e.